The van der Waals surface area contributed by atoms with Gasteiger partial charge in [0, 0.05) is 12.1 Å². The molecule has 0 heterocycles. The molecule has 0 spiro atoms. The van der Waals surface area contributed by atoms with Gasteiger partial charge in [0.05, 0.1) is 0 Å². The molecule has 1 aromatic rings. The molecule has 0 radical (unpaired) electrons. The average molecular weight is 243 g/mol. The van der Waals surface area contributed by atoms with Crippen LogP contribution in [0.3, 0.4) is 0 Å². The average Bonchev–Trinajstić information content (AvgIpc) is 2.33. The van der Waals surface area contributed by atoms with Gasteiger partial charge in [0.25, 0.3) is 0 Å². The summed E-state index contributed by atoms with van der Waals surface area (Å²) in [5.41, 5.74) is 2.72. The van der Waals surface area contributed by atoms with Crippen molar-refractivity contribution in [3.05, 3.63) is 47.5 Å². The van der Waals surface area contributed by atoms with Crippen LogP contribution < -0.4 is 5.32 Å². The van der Waals surface area contributed by atoms with E-state index in [0.717, 1.165) is 0 Å². The third kappa shape index (κ3) is 3.99. The lowest BCUT2D eigenvalue weighted by Crippen LogP contribution is -2.30. The predicted molar refractivity (Wildman–Crippen MR) is 78.7 cm³/mol. The number of allylic oxidation sites excluding steroid dienone is 1. The summed E-state index contributed by atoms with van der Waals surface area (Å²) in [6.45, 7) is 4.40. The first-order valence-corrected chi connectivity index (χ1v) is 7.25. The minimum Gasteiger partial charge on any atom is -0.304 e. The van der Waals surface area contributed by atoms with E-state index in [1.54, 1.807) is 0 Å². The molecule has 1 aromatic carbocycles. The zero-order valence-corrected chi connectivity index (χ0v) is 11.7. The van der Waals surface area contributed by atoms with Crippen LogP contribution in [0, 0.1) is 6.92 Å². The third-order valence-electron chi connectivity index (χ3n) is 3.80. The van der Waals surface area contributed by atoms with Gasteiger partial charge in [0.2, 0.25) is 0 Å². The molecule has 2 atom stereocenters. The van der Waals surface area contributed by atoms with Gasteiger partial charge in [0.1, 0.15) is 0 Å². The largest absolute Gasteiger partial charge is 0.304 e. The van der Waals surface area contributed by atoms with Crippen molar-refractivity contribution in [3.63, 3.8) is 0 Å². The maximum Gasteiger partial charge on any atom is 0.0297 e. The maximum atomic E-state index is 3.74. The van der Waals surface area contributed by atoms with E-state index in [-0.39, 0.29) is 0 Å². The van der Waals surface area contributed by atoms with Crippen molar-refractivity contribution in [2.45, 2.75) is 58.0 Å². The fourth-order valence-corrected chi connectivity index (χ4v) is 2.57. The highest BCUT2D eigenvalue weighted by Gasteiger charge is 2.11. The molecule has 18 heavy (non-hydrogen) atoms. The van der Waals surface area contributed by atoms with Crippen molar-refractivity contribution in [2.24, 2.45) is 0 Å². The molecule has 1 aliphatic carbocycles. The second-order valence-electron chi connectivity index (χ2n) is 5.47. The molecule has 1 nitrogen and oxygen atoms in total. The molecule has 1 aliphatic rings. The van der Waals surface area contributed by atoms with E-state index in [2.05, 4.69) is 55.6 Å². The molecule has 0 aromatic heterocycles. The summed E-state index contributed by atoms with van der Waals surface area (Å²) in [7, 11) is 0. The van der Waals surface area contributed by atoms with Gasteiger partial charge in [-0.05, 0) is 38.7 Å². The van der Waals surface area contributed by atoms with Crippen LogP contribution in [0.15, 0.2) is 36.4 Å². The lowest BCUT2D eigenvalue weighted by atomic mass is 10.00. The van der Waals surface area contributed by atoms with E-state index < -0.39 is 0 Å². The van der Waals surface area contributed by atoms with Crippen molar-refractivity contribution in [2.75, 3.05) is 0 Å². The highest BCUT2D eigenvalue weighted by molar-refractivity contribution is 5.24. The van der Waals surface area contributed by atoms with Crippen LogP contribution in [0.1, 0.15) is 56.2 Å². The molecule has 0 fully saturated rings. The Morgan fingerprint density at radius 1 is 1.11 bits per heavy atom. The lowest BCUT2D eigenvalue weighted by molar-refractivity contribution is 0.462. The Labute approximate surface area is 111 Å². The first-order chi connectivity index (χ1) is 8.75. The van der Waals surface area contributed by atoms with Crippen molar-refractivity contribution in [1.29, 1.82) is 0 Å². The smallest absolute Gasteiger partial charge is 0.0297 e. The first-order valence-electron chi connectivity index (χ1n) is 7.25. The molecule has 0 saturated heterocycles. The van der Waals surface area contributed by atoms with Crippen molar-refractivity contribution < 1.29 is 0 Å². The van der Waals surface area contributed by atoms with Crippen LogP contribution in [0.25, 0.3) is 0 Å². The van der Waals surface area contributed by atoms with Crippen LogP contribution in [-0.4, -0.2) is 6.04 Å². The van der Waals surface area contributed by atoms with E-state index in [0.29, 0.717) is 12.1 Å². The Hall–Kier alpha value is -1.08. The fourth-order valence-electron chi connectivity index (χ4n) is 2.57. The van der Waals surface area contributed by atoms with Gasteiger partial charge in [-0.25, -0.2) is 0 Å². The van der Waals surface area contributed by atoms with Gasteiger partial charge >= 0.3 is 0 Å². The van der Waals surface area contributed by atoms with Crippen LogP contribution in [0.4, 0.5) is 0 Å². The molecular weight excluding hydrogens is 218 g/mol. The van der Waals surface area contributed by atoms with Gasteiger partial charge in [-0.2, -0.15) is 0 Å². The van der Waals surface area contributed by atoms with E-state index in [1.807, 2.05) is 0 Å². The quantitative estimate of drug-likeness (QED) is 0.769. The Balaban J connectivity index is 1.94. The van der Waals surface area contributed by atoms with Gasteiger partial charge in [-0.15, -0.1) is 0 Å². The maximum absolute atomic E-state index is 3.74. The van der Waals surface area contributed by atoms with Crippen molar-refractivity contribution in [3.8, 4) is 0 Å². The lowest BCUT2D eigenvalue weighted by Gasteiger charge is -2.22. The minimum absolute atomic E-state index is 0.430. The summed E-state index contributed by atoms with van der Waals surface area (Å²) in [6, 6.07) is 9.84. The fraction of sp³-hybridized carbons (Fsp3) is 0.529. The topological polar surface area (TPSA) is 12.0 Å². The van der Waals surface area contributed by atoms with Crippen molar-refractivity contribution in [1.82, 2.24) is 5.32 Å². The Kier molecular flexibility index (Phi) is 5.00. The number of rotatable bonds is 3. The molecule has 0 amide bonds. The summed E-state index contributed by atoms with van der Waals surface area (Å²) in [5, 5.41) is 3.74. The Morgan fingerprint density at radius 3 is 2.67 bits per heavy atom. The van der Waals surface area contributed by atoms with Crippen LogP contribution >= 0.6 is 0 Å². The normalized spacial score (nSPS) is 24.0. The molecule has 1 unspecified atom stereocenters. The first kappa shape index (κ1) is 13.4. The summed E-state index contributed by atoms with van der Waals surface area (Å²) in [5.74, 6) is 0. The second kappa shape index (κ2) is 6.75. The molecule has 98 valence electrons. The Bertz CT molecular complexity index is 377. The number of hydrogen-bond donors (Lipinski definition) is 1. The van der Waals surface area contributed by atoms with Crippen LogP contribution in [-0.2, 0) is 0 Å². The van der Waals surface area contributed by atoms with E-state index >= 15 is 0 Å². The van der Waals surface area contributed by atoms with Crippen LogP contribution in [0.2, 0.25) is 0 Å². The molecule has 0 saturated carbocycles. The summed E-state index contributed by atoms with van der Waals surface area (Å²) < 4.78 is 0. The van der Waals surface area contributed by atoms with E-state index in [1.165, 1.54) is 43.2 Å². The monoisotopic (exact) mass is 243 g/mol. The standard InChI is InChI=1S/C17H25N/c1-14-10-12-16(13-11-14)15(2)18-17-8-6-4-3-5-7-9-17/h6,8,10-13,15,17-18H,3-5,7,9H2,1-2H3/b8-6+/t15-,17?/m1/s1. The van der Waals surface area contributed by atoms with Crippen molar-refractivity contribution >= 4 is 0 Å². The zero-order valence-electron chi connectivity index (χ0n) is 11.7. The molecule has 0 aliphatic heterocycles. The highest BCUT2D eigenvalue weighted by Crippen LogP contribution is 2.17. The number of benzene rings is 1. The summed E-state index contributed by atoms with van der Waals surface area (Å²) in [4.78, 5) is 0. The SMILES string of the molecule is Cc1ccc([C@@H](C)NC2/C=C/CCCCC2)cc1. The van der Waals surface area contributed by atoms with Gasteiger partial charge in [-0.3, -0.25) is 0 Å². The number of hydrogen-bond acceptors (Lipinski definition) is 1. The summed E-state index contributed by atoms with van der Waals surface area (Å²) in [6.07, 6.45) is 11.3. The highest BCUT2D eigenvalue weighted by atomic mass is 14.9. The zero-order chi connectivity index (χ0) is 12.8. The molecule has 2 rings (SSSR count). The van der Waals surface area contributed by atoms with Gasteiger partial charge in [0.15, 0.2) is 0 Å². The second-order valence-corrected chi connectivity index (χ2v) is 5.47. The number of aryl methyl sites for hydroxylation is 1. The molecule has 1 N–H and O–H groups in total. The van der Waals surface area contributed by atoms with Gasteiger partial charge < -0.3 is 5.32 Å². The number of nitrogens with one attached hydrogen (secondary N) is 1. The molecular formula is C17H25N. The summed E-state index contributed by atoms with van der Waals surface area (Å²) >= 11 is 0. The third-order valence-corrected chi connectivity index (χ3v) is 3.80. The van der Waals surface area contributed by atoms with Crippen LogP contribution in [0.5, 0.6) is 0 Å². The molecule has 0 bridgehead atoms. The van der Waals surface area contributed by atoms with E-state index in [9.17, 15) is 0 Å². The Morgan fingerprint density at radius 2 is 1.89 bits per heavy atom. The predicted octanol–water partition coefficient (Wildman–Crippen LogP) is 4.53. The van der Waals surface area contributed by atoms with E-state index in [4.69, 9.17) is 0 Å². The van der Waals surface area contributed by atoms with Gasteiger partial charge in [-0.1, -0.05) is 54.8 Å². The molecule has 1 heteroatoms. The minimum atomic E-state index is 0.430.